The van der Waals surface area contributed by atoms with E-state index in [0.717, 1.165) is 19.8 Å². The third kappa shape index (κ3) is 3.88. The Kier molecular flexibility index (Phi) is 7.11. The van der Waals surface area contributed by atoms with E-state index >= 15 is 0 Å². The van der Waals surface area contributed by atoms with Crippen molar-refractivity contribution >= 4 is 0 Å². The minimum absolute atomic E-state index is 0.499. The Morgan fingerprint density at radius 1 is 1.42 bits per heavy atom. The predicted octanol–water partition coefficient (Wildman–Crippen LogP) is 1.92. The Morgan fingerprint density at radius 2 is 2.08 bits per heavy atom. The molecule has 0 spiro atoms. The summed E-state index contributed by atoms with van der Waals surface area (Å²) in [5.74, 6) is 0. The number of nitrogens with zero attached hydrogens (tertiary/aromatic N) is 1. The zero-order valence-corrected chi connectivity index (χ0v) is 8.71. The van der Waals surface area contributed by atoms with Crippen LogP contribution in [0.15, 0.2) is 12.2 Å². The molecule has 0 radical (unpaired) electrons. The van der Waals surface area contributed by atoms with Gasteiger partial charge in [0.15, 0.2) is 0 Å². The van der Waals surface area contributed by atoms with Gasteiger partial charge in [-0.1, -0.05) is 26.0 Å². The molecule has 2 nitrogen and oxygen atoms in total. The van der Waals surface area contributed by atoms with Crippen molar-refractivity contribution in [3.8, 4) is 0 Å². The van der Waals surface area contributed by atoms with Gasteiger partial charge in [-0.05, 0) is 14.0 Å². The van der Waals surface area contributed by atoms with Gasteiger partial charge in [0.05, 0.1) is 19.3 Å². The highest BCUT2D eigenvalue weighted by Gasteiger charge is 2.15. The lowest BCUT2D eigenvalue weighted by atomic mass is 10.2. The summed E-state index contributed by atoms with van der Waals surface area (Å²) in [6, 6.07) is 0.499. The van der Waals surface area contributed by atoms with Crippen LogP contribution < -0.4 is 0 Å². The van der Waals surface area contributed by atoms with Gasteiger partial charge in [0.2, 0.25) is 0 Å². The van der Waals surface area contributed by atoms with Crippen molar-refractivity contribution in [2.24, 2.45) is 0 Å². The Hall–Kier alpha value is -0.340. The highest BCUT2D eigenvalue weighted by molar-refractivity contribution is 4.92. The summed E-state index contributed by atoms with van der Waals surface area (Å²) in [6.07, 6.45) is 4.26. The first-order valence-electron chi connectivity index (χ1n) is 4.75. The Balaban J connectivity index is 0.000000561. The molecular weight excluding hydrogens is 150 g/mol. The van der Waals surface area contributed by atoms with Gasteiger partial charge in [0.25, 0.3) is 0 Å². The van der Waals surface area contributed by atoms with Gasteiger partial charge in [-0.25, -0.2) is 0 Å². The van der Waals surface area contributed by atoms with Crippen LogP contribution in [0, 0.1) is 0 Å². The molecule has 1 rings (SSSR count). The first kappa shape index (κ1) is 11.7. The number of rotatable bonds is 1. The third-order valence-electron chi connectivity index (χ3n) is 1.86. The average Bonchev–Trinajstić information content (AvgIpc) is 2.13. The second-order valence-corrected chi connectivity index (χ2v) is 2.65. The van der Waals surface area contributed by atoms with Crippen LogP contribution in [0.5, 0.6) is 0 Å². The standard InChI is InChI=1S/C8H15NO.C2H6/c1-3-4-8-7-10-6-5-9(8)2;1-2/h3-4,8H,5-7H2,1-2H3;1-2H3/b4-3-;. The van der Waals surface area contributed by atoms with E-state index in [9.17, 15) is 0 Å². The highest BCUT2D eigenvalue weighted by atomic mass is 16.5. The molecule has 1 atom stereocenters. The molecule has 72 valence electrons. The lowest BCUT2D eigenvalue weighted by Crippen LogP contribution is -2.41. The molecule has 0 aromatic rings. The number of hydrogen-bond acceptors (Lipinski definition) is 2. The molecule has 0 N–H and O–H groups in total. The lowest BCUT2D eigenvalue weighted by Gasteiger charge is -2.29. The van der Waals surface area contributed by atoms with Crippen molar-refractivity contribution in [1.82, 2.24) is 4.90 Å². The monoisotopic (exact) mass is 171 g/mol. The molecule has 0 bridgehead atoms. The van der Waals surface area contributed by atoms with E-state index in [-0.39, 0.29) is 0 Å². The van der Waals surface area contributed by atoms with Crippen LogP contribution in [-0.2, 0) is 4.74 Å². The second-order valence-electron chi connectivity index (χ2n) is 2.65. The normalized spacial score (nSPS) is 25.2. The van der Waals surface area contributed by atoms with Gasteiger partial charge in [-0.2, -0.15) is 0 Å². The number of likely N-dealkylation sites (N-methyl/N-ethyl adjacent to an activating group) is 1. The third-order valence-corrected chi connectivity index (χ3v) is 1.86. The summed E-state index contributed by atoms with van der Waals surface area (Å²) >= 11 is 0. The van der Waals surface area contributed by atoms with Crippen LogP contribution in [0.4, 0.5) is 0 Å². The van der Waals surface area contributed by atoms with Gasteiger partial charge < -0.3 is 4.74 Å². The van der Waals surface area contributed by atoms with E-state index in [4.69, 9.17) is 4.74 Å². The molecule has 1 heterocycles. The fourth-order valence-corrected chi connectivity index (χ4v) is 1.13. The zero-order chi connectivity index (χ0) is 9.40. The maximum absolute atomic E-state index is 5.31. The maximum atomic E-state index is 5.31. The molecule has 1 aliphatic rings. The van der Waals surface area contributed by atoms with Crippen LogP contribution >= 0.6 is 0 Å². The molecule has 0 aliphatic carbocycles. The Morgan fingerprint density at radius 3 is 2.58 bits per heavy atom. The second kappa shape index (κ2) is 7.32. The molecule has 1 fully saturated rings. The topological polar surface area (TPSA) is 12.5 Å². The summed E-state index contributed by atoms with van der Waals surface area (Å²) in [5.41, 5.74) is 0. The summed E-state index contributed by atoms with van der Waals surface area (Å²) in [7, 11) is 2.13. The molecule has 0 aromatic carbocycles. The van der Waals surface area contributed by atoms with E-state index in [1.807, 2.05) is 20.8 Å². The van der Waals surface area contributed by atoms with Gasteiger partial charge >= 0.3 is 0 Å². The Bertz CT molecular complexity index is 123. The van der Waals surface area contributed by atoms with Crippen molar-refractivity contribution in [2.45, 2.75) is 26.8 Å². The number of morpholine rings is 1. The first-order valence-corrected chi connectivity index (χ1v) is 4.75. The van der Waals surface area contributed by atoms with E-state index < -0.39 is 0 Å². The Labute approximate surface area is 76.2 Å². The predicted molar refractivity (Wildman–Crippen MR) is 53.4 cm³/mol. The SMILES string of the molecule is C/C=C\C1COCCN1C.CC. The first-order chi connectivity index (χ1) is 5.84. The lowest BCUT2D eigenvalue weighted by molar-refractivity contribution is 0.0233. The van der Waals surface area contributed by atoms with E-state index in [1.54, 1.807) is 0 Å². The van der Waals surface area contributed by atoms with E-state index in [0.29, 0.717) is 6.04 Å². The largest absolute Gasteiger partial charge is 0.378 e. The van der Waals surface area contributed by atoms with E-state index in [1.165, 1.54) is 0 Å². The van der Waals surface area contributed by atoms with Crippen molar-refractivity contribution < 1.29 is 4.74 Å². The number of allylic oxidation sites excluding steroid dienone is 1. The molecule has 1 aliphatic heterocycles. The molecule has 12 heavy (non-hydrogen) atoms. The van der Waals surface area contributed by atoms with Gasteiger partial charge in [0.1, 0.15) is 0 Å². The fourth-order valence-electron chi connectivity index (χ4n) is 1.13. The number of hydrogen-bond donors (Lipinski definition) is 0. The smallest absolute Gasteiger partial charge is 0.0658 e. The zero-order valence-electron chi connectivity index (χ0n) is 8.71. The van der Waals surface area contributed by atoms with Crippen LogP contribution in [0.2, 0.25) is 0 Å². The van der Waals surface area contributed by atoms with Crippen LogP contribution in [0.25, 0.3) is 0 Å². The van der Waals surface area contributed by atoms with Crippen molar-refractivity contribution in [2.75, 3.05) is 26.8 Å². The minimum atomic E-state index is 0.499. The molecule has 1 saturated heterocycles. The summed E-state index contributed by atoms with van der Waals surface area (Å²) in [4.78, 5) is 2.31. The average molecular weight is 171 g/mol. The number of ether oxygens (including phenoxy) is 1. The molecule has 0 saturated carbocycles. The summed E-state index contributed by atoms with van der Waals surface area (Å²) in [5, 5.41) is 0. The highest BCUT2D eigenvalue weighted by Crippen LogP contribution is 2.04. The summed E-state index contributed by atoms with van der Waals surface area (Å²) < 4.78 is 5.31. The molecule has 1 unspecified atom stereocenters. The summed E-state index contributed by atoms with van der Waals surface area (Å²) in [6.45, 7) is 8.82. The van der Waals surface area contributed by atoms with Crippen LogP contribution in [0.3, 0.4) is 0 Å². The van der Waals surface area contributed by atoms with E-state index in [2.05, 4.69) is 24.1 Å². The molecule has 2 heteroatoms. The van der Waals surface area contributed by atoms with Crippen LogP contribution in [-0.4, -0.2) is 37.7 Å². The molecular formula is C10H21NO. The van der Waals surface area contributed by atoms with Crippen molar-refractivity contribution in [3.05, 3.63) is 12.2 Å². The van der Waals surface area contributed by atoms with Gasteiger partial charge in [0, 0.05) is 6.54 Å². The fraction of sp³-hybridized carbons (Fsp3) is 0.800. The van der Waals surface area contributed by atoms with Gasteiger partial charge in [-0.15, -0.1) is 0 Å². The maximum Gasteiger partial charge on any atom is 0.0658 e. The van der Waals surface area contributed by atoms with Gasteiger partial charge in [-0.3, -0.25) is 4.90 Å². The quantitative estimate of drug-likeness (QED) is 0.559. The minimum Gasteiger partial charge on any atom is -0.378 e. The van der Waals surface area contributed by atoms with Crippen LogP contribution in [0.1, 0.15) is 20.8 Å². The van der Waals surface area contributed by atoms with Crippen molar-refractivity contribution in [1.29, 1.82) is 0 Å². The molecule has 0 amide bonds. The van der Waals surface area contributed by atoms with Crippen molar-refractivity contribution in [3.63, 3.8) is 0 Å². The molecule has 0 aromatic heterocycles.